The van der Waals surface area contributed by atoms with Crippen molar-refractivity contribution in [3.63, 3.8) is 0 Å². The van der Waals surface area contributed by atoms with Crippen LogP contribution < -0.4 is 0 Å². The van der Waals surface area contributed by atoms with Crippen molar-refractivity contribution in [1.29, 1.82) is 0 Å². The van der Waals surface area contributed by atoms with E-state index in [1.807, 2.05) is 5.38 Å². The van der Waals surface area contributed by atoms with E-state index in [1.54, 1.807) is 12.1 Å². The smallest absolute Gasteiger partial charge is 0.303 e. The molecule has 0 amide bonds. The summed E-state index contributed by atoms with van der Waals surface area (Å²) < 4.78 is 13.5. The average molecular weight is 330 g/mol. The van der Waals surface area contributed by atoms with Crippen LogP contribution in [0.3, 0.4) is 0 Å². The largest absolute Gasteiger partial charge is 0.481 e. The Kier molecular flexibility index (Phi) is 4.08. The maximum absolute atomic E-state index is 13.1. The van der Waals surface area contributed by atoms with Crippen LogP contribution >= 0.6 is 27.3 Å². The van der Waals surface area contributed by atoms with Crippen LogP contribution in [-0.2, 0) is 11.2 Å². The highest BCUT2D eigenvalue weighted by molar-refractivity contribution is 9.10. The second kappa shape index (κ2) is 5.58. The Morgan fingerprint density at radius 2 is 2.28 bits per heavy atom. The highest BCUT2D eigenvalue weighted by Gasteiger charge is 2.08. The van der Waals surface area contributed by atoms with Crippen molar-refractivity contribution < 1.29 is 14.3 Å². The van der Waals surface area contributed by atoms with Crippen LogP contribution in [0.2, 0.25) is 0 Å². The molecule has 0 aliphatic heterocycles. The fraction of sp³-hybridized carbons (Fsp3) is 0.167. The van der Waals surface area contributed by atoms with Crippen LogP contribution in [0.4, 0.5) is 4.39 Å². The average Bonchev–Trinajstić information content (AvgIpc) is 2.79. The SMILES string of the molecule is O=C(O)CCc1csc(-c2ccc(F)c(Br)c2)n1. The number of hydrogen-bond donors (Lipinski definition) is 1. The van der Waals surface area contributed by atoms with Crippen LogP contribution in [0, 0.1) is 5.82 Å². The molecule has 1 N–H and O–H groups in total. The van der Waals surface area contributed by atoms with Gasteiger partial charge in [-0.1, -0.05) is 0 Å². The second-order valence-corrected chi connectivity index (χ2v) is 5.38. The van der Waals surface area contributed by atoms with Gasteiger partial charge in [-0.3, -0.25) is 4.79 Å². The molecule has 94 valence electrons. The molecule has 0 spiro atoms. The fourth-order valence-electron chi connectivity index (χ4n) is 1.42. The number of carbonyl (C=O) groups is 1. The minimum atomic E-state index is -0.839. The van der Waals surface area contributed by atoms with E-state index in [1.165, 1.54) is 17.4 Å². The van der Waals surface area contributed by atoms with E-state index < -0.39 is 5.97 Å². The summed E-state index contributed by atoms with van der Waals surface area (Å²) in [5.41, 5.74) is 1.56. The molecule has 0 unspecified atom stereocenters. The Morgan fingerprint density at radius 3 is 2.94 bits per heavy atom. The number of aliphatic carboxylic acids is 1. The Labute approximate surface area is 115 Å². The van der Waals surface area contributed by atoms with E-state index >= 15 is 0 Å². The number of carboxylic acid groups (broad SMARTS) is 1. The lowest BCUT2D eigenvalue weighted by molar-refractivity contribution is -0.136. The van der Waals surface area contributed by atoms with Gasteiger partial charge in [-0.15, -0.1) is 11.3 Å². The lowest BCUT2D eigenvalue weighted by atomic mass is 10.2. The number of carboxylic acids is 1. The number of hydrogen-bond acceptors (Lipinski definition) is 3. The zero-order valence-electron chi connectivity index (χ0n) is 9.19. The van der Waals surface area contributed by atoms with Crippen molar-refractivity contribution in [2.75, 3.05) is 0 Å². The Hall–Kier alpha value is -1.27. The van der Waals surface area contributed by atoms with Crippen LogP contribution in [0.15, 0.2) is 28.1 Å². The molecule has 6 heteroatoms. The first-order valence-corrected chi connectivity index (χ1v) is 6.85. The van der Waals surface area contributed by atoms with Gasteiger partial charge in [-0.25, -0.2) is 9.37 Å². The molecule has 1 aromatic heterocycles. The molecular weight excluding hydrogens is 321 g/mol. The topological polar surface area (TPSA) is 50.2 Å². The third-order valence-corrected chi connectivity index (χ3v) is 3.86. The van der Waals surface area contributed by atoms with Gasteiger partial charge in [0.2, 0.25) is 0 Å². The van der Waals surface area contributed by atoms with Gasteiger partial charge in [0.25, 0.3) is 0 Å². The van der Waals surface area contributed by atoms with Crippen molar-refractivity contribution in [1.82, 2.24) is 4.98 Å². The lowest BCUT2D eigenvalue weighted by Crippen LogP contribution is -1.97. The van der Waals surface area contributed by atoms with Crippen LogP contribution in [0.1, 0.15) is 12.1 Å². The van der Waals surface area contributed by atoms with E-state index in [2.05, 4.69) is 20.9 Å². The minimum Gasteiger partial charge on any atom is -0.481 e. The van der Waals surface area contributed by atoms with Gasteiger partial charge in [-0.2, -0.15) is 0 Å². The Balaban J connectivity index is 2.18. The Bertz CT molecular complexity index is 585. The summed E-state index contributed by atoms with van der Waals surface area (Å²) in [4.78, 5) is 14.8. The van der Waals surface area contributed by atoms with Crippen molar-refractivity contribution in [2.24, 2.45) is 0 Å². The number of nitrogens with zero attached hydrogens (tertiary/aromatic N) is 1. The standard InChI is InChI=1S/C12H9BrFNO2S/c13-9-5-7(1-3-10(9)14)12-15-8(6-18-12)2-4-11(16)17/h1,3,5-6H,2,4H2,(H,16,17). The molecule has 1 heterocycles. The first-order chi connectivity index (χ1) is 8.56. The van der Waals surface area contributed by atoms with E-state index in [-0.39, 0.29) is 12.2 Å². The third-order valence-electron chi connectivity index (χ3n) is 2.31. The fourth-order valence-corrected chi connectivity index (χ4v) is 2.65. The quantitative estimate of drug-likeness (QED) is 0.929. The molecule has 0 aliphatic carbocycles. The van der Waals surface area contributed by atoms with Gasteiger partial charge in [0.15, 0.2) is 0 Å². The highest BCUT2D eigenvalue weighted by atomic mass is 79.9. The molecule has 0 bridgehead atoms. The second-order valence-electron chi connectivity index (χ2n) is 3.67. The highest BCUT2D eigenvalue weighted by Crippen LogP contribution is 2.28. The summed E-state index contributed by atoms with van der Waals surface area (Å²) in [6, 6.07) is 4.69. The summed E-state index contributed by atoms with van der Waals surface area (Å²) in [6.07, 6.45) is 0.477. The predicted octanol–water partition coefficient (Wildman–Crippen LogP) is 3.73. The van der Waals surface area contributed by atoms with Crippen molar-refractivity contribution in [2.45, 2.75) is 12.8 Å². The van der Waals surface area contributed by atoms with E-state index in [9.17, 15) is 9.18 Å². The van der Waals surface area contributed by atoms with Gasteiger partial charge >= 0.3 is 5.97 Å². The molecule has 18 heavy (non-hydrogen) atoms. The number of benzene rings is 1. The Morgan fingerprint density at radius 1 is 1.50 bits per heavy atom. The number of rotatable bonds is 4. The van der Waals surface area contributed by atoms with Gasteiger partial charge < -0.3 is 5.11 Å². The van der Waals surface area contributed by atoms with Crippen LogP contribution in [0.5, 0.6) is 0 Å². The van der Waals surface area contributed by atoms with Crippen molar-refractivity contribution in [3.8, 4) is 10.6 Å². The van der Waals surface area contributed by atoms with E-state index in [4.69, 9.17) is 5.11 Å². The maximum Gasteiger partial charge on any atom is 0.303 e. The van der Waals surface area contributed by atoms with Gasteiger partial charge in [0.1, 0.15) is 10.8 Å². The minimum absolute atomic E-state index is 0.0658. The molecule has 0 radical (unpaired) electrons. The third kappa shape index (κ3) is 3.14. The number of aromatic nitrogens is 1. The number of halogens is 2. The van der Waals surface area contributed by atoms with E-state index in [0.717, 1.165) is 16.3 Å². The summed E-state index contributed by atoms with van der Waals surface area (Å²) in [7, 11) is 0. The zero-order valence-corrected chi connectivity index (χ0v) is 11.6. The van der Waals surface area contributed by atoms with Crippen LogP contribution in [0.25, 0.3) is 10.6 Å². The molecule has 0 aliphatic rings. The first-order valence-electron chi connectivity index (χ1n) is 5.18. The zero-order chi connectivity index (χ0) is 13.1. The summed E-state index contributed by atoms with van der Waals surface area (Å²) in [5, 5.41) is 11.2. The van der Waals surface area contributed by atoms with Gasteiger partial charge in [0.05, 0.1) is 16.6 Å². The van der Waals surface area contributed by atoms with Gasteiger partial charge in [0, 0.05) is 17.4 Å². The molecule has 3 nitrogen and oxygen atoms in total. The summed E-state index contributed by atoms with van der Waals surface area (Å²) in [6.45, 7) is 0. The van der Waals surface area contributed by atoms with E-state index in [0.29, 0.717) is 10.9 Å². The summed E-state index contributed by atoms with van der Waals surface area (Å²) >= 11 is 4.55. The number of thiazole rings is 1. The predicted molar refractivity (Wildman–Crippen MR) is 71.2 cm³/mol. The molecule has 0 saturated carbocycles. The maximum atomic E-state index is 13.1. The first kappa shape index (κ1) is 13.2. The molecule has 0 fully saturated rings. The monoisotopic (exact) mass is 329 g/mol. The summed E-state index contributed by atoms with van der Waals surface area (Å²) in [5.74, 6) is -1.16. The molecule has 2 rings (SSSR count). The molecule has 2 aromatic rings. The molecule has 1 aromatic carbocycles. The van der Waals surface area contributed by atoms with Crippen molar-refractivity contribution in [3.05, 3.63) is 39.6 Å². The normalized spacial score (nSPS) is 10.6. The molecule has 0 saturated heterocycles. The molecular formula is C12H9BrFNO2S. The lowest BCUT2D eigenvalue weighted by Gasteiger charge is -1.98. The van der Waals surface area contributed by atoms with Crippen molar-refractivity contribution >= 4 is 33.2 Å². The van der Waals surface area contributed by atoms with Crippen LogP contribution in [-0.4, -0.2) is 16.1 Å². The molecule has 0 atom stereocenters. The van der Waals surface area contributed by atoms with Gasteiger partial charge in [-0.05, 0) is 34.1 Å². The number of aryl methyl sites for hydroxylation is 1.